The third kappa shape index (κ3) is 7.39. The molecule has 0 bridgehead atoms. The van der Waals surface area contributed by atoms with Gasteiger partial charge >= 0.3 is 0 Å². The molecule has 1 atom stereocenters. The Kier molecular flexibility index (Phi) is 7.64. The maximum Gasteiger partial charge on any atom is 0.151 e. The molecule has 3 heteroatoms. The molecule has 0 nitrogen and oxygen atoms in total. The van der Waals surface area contributed by atoms with E-state index in [0.29, 0.717) is 0 Å². The normalized spacial score (nSPS) is 13.9. The second-order valence-electron chi connectivity index (χ2n) is 1.58. The van der Waals surface area contributed by atoms with Gasteiger partial charge in [0, 0.05) is 0 Å². The fraction of sp³-hybridized carbons (Fsp3) is 1.00. The van der Waals surface area contributed by atoms with Crippen LogP contribution in [0.5, 0.6) is 0 Å². The Labute approximate surface area is 76.9 Å². The zero-order valence-electron chi connectivity index (χ0n) is 4.54. The first-order valence-corrected chi connectivity index (χ1v) is 5.38. The van der Waals surface area contributed by atoms with Crippen LogP contribution >= 0.6 is 45.2 Å². The third-order valence-corrected chi connectivity index (χ3v) is 2.19. The van der Waals surface area contributed by atoms with Crippen LogP contribution in [0.1, 0.15) is 19.3 Å². The topological polar surface area (TPSA) is 0 Å². The van der Waals surface area contributed by atoms with E-state index in [1.54, 1.807) is 0 Å². The van der Waals surface area contributed by atoms with Crippen LogP contribution in [-0.4, -0.2) is 8.61 Å². The van der Waals surface area contributed by atoms with Gasteiger partial charge in [-0.25, -0.2) is 4.39 Å². The highest BCUT2D eigenvalue weighted by Crippen LogP contribution is 2.11. The predicted octanol–water partition coefficient (Wildman–Crippen LogP) is 3.32. The van der Waals surface area contributed by atoms with Gasteiger partial charge in [-0.3, -0.25) is 0 Å². The first kappa shape index (κ1) is 9.39. The van der Waals surface area contributed by atoms with Gasteiger partial charge in [0.25, 0.3) is 0 Å². The van der Waals surface area contributed by atoms with E-state index in [2.05, 4.69) is 22.6 Å². The van der Waals surface area contributed by atoms with Crippen molar-refractivity contribution in [2.75, 3.05) is 4.43 Å². The summed E-state index contributed by atoms with van der Waals surface area (Å²) in [6.07, 6.45) is 2.92. The van der Waals surface area contributed by atoms with E-state index in [0.717, 1.165) is 23.7 Å². The number of rotatable bonds is 4. The predicted molar refractivity (Wildman–Crippen MR) is 51.7 cm³/mol. The van der Waals surface area contributed by atoms with Gasteiger partial charge < -0.3 is 0 Å². The van der Waals surface area contributed by atoms with Gasteiger partial charge in [0.15, 0.2) is 4.18 Å². The van der Waals surface area contributed by atoms with Crippen molar-refractivity contribution in [2.45, 2.75) is 23.4 Å². The summed E-state index contributed by atoms with van der Waals surface area (Å²) in [6.45, 7) is 0. The van der Waals surface area contributed by atoms with Gasteiger partial charge in [-0.1, -0.05) is 22.6 Å². The second kappa shape index (κ2) is 6.51. The smallest absolute Gasteiger partial charge is 0.151 e. The van der Waals surface area contributed by atoms with Crippen LogP contribution in [0, 0.1) is 0 Å². The highest BCUT2D eigenvalue weighted by Gasteiger charge is 1.96. The molecule has 0 heterocycles. The van der Waals surface area contributed by atoms with Crippen molar-refractivity contribution < 1.29 is 4.39 Å². The number of hydrogen-bond donors (Lipinski definition) is 0. The maximum absolute atomic E-state index is 12.0. The summed E-state index contributed by atoms with van der Waals surface area (Å²) in [5.74, 6) is 0. The first-order valence-electron chi connectivity index (χ1n) is 2.61. The summed E-state index contributed by atoms with van der Waals surface area (Å²) in [6, 6.07) is 0. The van der Waals surface area contributed by atoms with Gasteiger partial charge in [0.1, 0.15) is 0 Å². The molecule has 0 fully saturated rings. The van der Waals surface area contributed by atoms with Crippen LogP contribution in [0.25, 0.3) is 0 Å². The van der Waals surface area contributed by atoms with E-state index in [9.17, 15) is 4.39 Å². The highest BCUT2D eigenvalue weighted by molar-refractivity contribution is 14.1. The number of unbranched alkanes of at least 4 members (excludes halogenated alkanes) is 1. The van der Waals surface area contributed by atoms with Crippen LogP contribution in [0.2, 0.25) is 0 Å². The summed E-state index contributed by atoms with van der Waals surface area (Å²) in [5, 5.41) is 0. The number of halogens is 3. The summed E-state index contributed by atoms with van der Waals surface area (Å²) < 4.78 is 12.5. The SMILES string of the molecule is FC(I)CCCCI. The fourth-order valence-corrected chi connectivity index (χ4v) is 1.37. The van der Waals surface area contributed by atoms with Gasteiger partial charge in [-0.05, 0) is 46.3 Å². The molecule has 50 valence electrons. The van der Waals surface area contributed by atoms with E-state index in [4.69, 9.17) is 0 Å². The largest absolute Gasteiger partial charge is 0.236 e. The molecule has 0 aromatic carbocycles. The lowest BCUT2D eigenvalue weighted by molar-refractivity contribution is 0.438. The van der Waals surface area contributed by atoms with Crippen LogP contribution in [0.3, 0.4) is 0 Å². The average Bonchev–Trinajstić information content (AvgIpc) is 1.66. The van der Waals surface area contributed by atoms with Crippen molar-refractivity contribution in [3.8, 4) is 0 Å². The molecule has 0 N–H and O–H groups in total. The summed E-state index contributed by atoms with van der Waals surface area (Å²) in [4.78, 5) is 0. The molecule has 1 unspecified atom stereocenters. The van der Waals surface area contributed by atoms with E-state index in [-0.39, 0.29) is 0 Å². The van der Waals surface area contributed by atoms with E-state index in [1.165, 1.54) is 0 Å². The Morgan fingerprint density at radius 1 is 1.38 bits per heavy atom. The van der Waals surface area contributed by atoms with Gasteiger partial charge in [0.05, 0.1) is 0 Å². The Balaban J connectivity index is 2.72. The van der Waals surface area contributed by atoms with Crippen molar-refractivity contribution in [3.05, 3.63) is 0 Å². The molecule has 0 saturated carbocycles. The lowest BCUT2D eigenvalue weighted by Crippen LogP contribution is -1.86. The molecule has 0 aliphatic carbocycles. The van der Waals surface area contributed by atoms with Crippen molar-refractivity contribution in [1.29, 1.82) is 0 Å². The second-order valence-corrected chi connectivity index (χ2v) is 4.01. The van der Waals surface area contributed by atoms with Gasteiger partial charge in [-0.15, -0.1) is 0 Å². The summed E-state index contributed by atoms with van der Waals surface area (Å²) >= 11 is 4.12. The summed E-state index contributed by atoms with van der Waals surface area (Å²) in [5.41, 5.74) is 0. The fourth-order valence-electron chi connectivity index (χ4n) is 0.393. The van der Waals surface area contributed by atoms with Crippen LogP contribution in [0.15, 0.2) is 0 Å². The average molecular weight is 342 g/mol. The molecule has 0 spiro atoms. The molecule has 8 heavy (non-hydrogen) atoms. The Morgan fingerprint density at radius 3 is 2.38 bits per heavy atom. The lowest BCUT2D eigenvalue weighted by Gasteiger charge is -1.95. The quantitative estimate of drug-likeness (QED) is 0.418. The Morgan fingerprint density at radius 2 is 2.00 bits per heavy atom. The van der Waals surface area contributed by atoms with Crippen molar-refractivity contribution >= 4 is 45.2 Å². The van der Waals surface area contributed by atoms with Crippen molar-refractivity contribution in [2.24, 2.45) is 0 Å². The monoisotopic (exact) mass is 342 g/mol. The van der Waals surface area contributed by atoms with E-state index >= 15 is 0 Å². The molecular formula is C5H9FI2. The summed E-state index contributed by atoms with van der Waals surface area (Å²) in [7, 11) is 0. The number of hydrogen-bond acceptors (Lipinski definition) is 0. The van der Waals surface area contributed by atoms with Crippen molar-refractivity contribution in [1.82, 2.24) is 0 Å². The third-order valence-electron chi connectivity index (χ3n) is 0.806. The van der Waals surface area contributed by atoms with E-state index in [1.807, 2.05) is 22.6 Å². The molecule has 0 saturated heterocycles. The van der Waals surface area contributed by atoms with Crippen LogP contribution in [0.4, 0.5) is 4.39 Å². The first-order chi connectivity index (χ1) is 3.77. The zero-order valence-corrected chi connectivity index (χ0v) is 8.85. The van der Waals surface area contributed by atoms with E-state index < -0.39 is 4.18 Å². The van der Waals surface area contributed by atoms with Crippen LogP contribution < -0.4 is 0 Å². The van der Waals surface area contributed by atoms with Gasteiger partial charge in [0.2, 0.25) is 0 Å². The zero-order chi connectivity index (χ0) is 6.41. The Hall–Kier alpha value is 1.39. The number of alkyl halides is 3. The molecular weight excluding hydrogens is 333 g/mol. The standard InChI is InChI=1S/C5H9FI2/c6-5(8)3-1-2-4-7/h5H,1-4H2. The van der Waals surface area contributed by atoms with Gasteiger partial charge in [-0.2, -0.15) is 0 Å². The minimum atomic E-state index is -0.629. The molecule has 0 aromatic rings. The molecule has 0 aliphatic rings. The molecule has 0 amide bonds. The Bertz CT molecular complexity index is 47.7. The molecule has 0 rings (SSSR count). The molecule has 0 aromatic heterocycles. The highest BCUT2D eigenvalue weighted by atomic mass is 127. The van der Waals surface area contributed by atoms with Crippen LogP contribution in [-0.2, 0) is 0 Å². The van der Waals surface area contributed by atoms with Crippen molar-refractivity contribution in [3.63, 3.8) is 0 Å². The minimum Gasteiger partial charge on any atom is -0.236 e. The maximum atomic E-state index is 12.0. The molecule has 0 aliphatic heterocycles. The minimum absolute atomic E-state index is 0.629. The lowest BCUT2D eigenvalue weighted by atomic mass is 10.3. The molecule has 0 radical (unpaired) electrons.